The maximum absolute atomic E-state index is 12.4. The Morgan fingerprint density at radius 2 is 1.95 bits per heavy atom. The van der Waals surface area contributed by atoms with Crippen LogP contribution >= 0.6 is 0 Å². The number of halogens is 3. The summed E-state index contributed by atoms with van der Waals surface area (Å²) in [5, 5.41) is 12.7. The fraction of sp³-hybridized carbons (Fsp3) is 0.273. The number of anilines is 1. The number of urea groups is 1. The van der Waals surface area contributed by atoms with E-state index in [9.17, 15) is 22.8 Å². The predicted molar refractivity (Wildman–Crippen MR) is 60.7 cm³/mol. The van der Waals surface area contributed by atoms with Crippen LogP contribution in [0.1, 0.15) is 12.0 Å². The van der Waals surface area contributed by atoms with Crippen molar-refractivity contribution in [3.05, 3.63) is 29.8 Å². The third-order valence-corrected chi connectivity index (χ3v) is 2.07. The molecule has 0 bridgehead atoms. The highest BCUT2D eigenvalue weighted by atomic mass is 19.4. The second-order valence-corrected chi connectivity index (χ2v) is 3.60. The summed E-state index contributed by atoms with van der Waals surface area (Å²) < 4.78 is 37.2. The molecule has 8 heteroatoms. The second kappa shape index (κ2) is 6.07. The van der Waals surface area contributed by atoms with Crippen LogP contribution in [-0.4, -0.2) is 23.7 Å². The van der Waals surface area contributed by atoms with Gasteiger partial charge in [0.1, 0.15) is 0 Å². The minimum Gasteiger partial charge on any atom is -0.481 e. The molecule has 0 aliphatic heterocycles. The van der Waals surface area contributed by atoms with Gasteiger partial charge in [0.25, 0.3) is 0 Å². The fourth-order valence-corrected chi connectivity index (χ4v) is 1.23. The molecule has 0 unspecified atom stereocenters. The normalized spacial score (nSPS) is 10.9. The second-order valence-electron chi connectivity index (χ2n) is 3.60. The molecular weight excluding hydrogens is 265 g/mol. The summed E-state index contributed by atoms with van der Waals surface area (Å²) in [7, 11) is 0. The molecule has 1 aromatic carbocycles. The van der Waals surface area contributed by atoms with Gasteiger partial charge in [-0.05, 0) is 18.2 Å². The molecule has 0 saturated carbocycles. The molecular formula is C11H11F3N2O3. The molecule has 104 valence electrons. The van der Waals surface area contributed by atoms with Gasteiger partial charge in [-0.2, -0.15) is 13.2 Å². The largest absolute Gasteiger partial charge is 0.481 e. The molecule has 0 aromatic heterocycles. The fourth-order valence-electron chi connectivity index (χ4n) is 1.23. The van der Waals surface area contributed by atoms with Gasteiger partial charge in [-0.15, -0.1) is 0 Å². The standard InChI is InChI=1S/C11H11F3N2O3/c12-11(13,14)7-2-1-3-8(6-7)16-10(19)15-5-4-9(17)18/h1-3,6H,4-5H2,(H,17,18)(H2,15,16,19). The lowest BCUT2D eigenvalue weighted by Crippen LogP contribution is -2.30. The molecule has 0 aliphatic rings. The number of amides is 2. The van der Waals surface area contributed by atoms with Gasteiger partial charge in [-0.25, -0.2) is 4.79 Å². The van der Waals surface area contributed by atoms with Crippen molar-refractivity contribution in [1.82, 2.24) is 5.32 Å². The number of hydrogen-bond acceptors (Lipinski definition) is 2. The Bertz CT molecular complexity index is 474. The highest BCUT2D eigenvalue weighted by molar-refractivity contribution is 5.89. The van der Waals surface area contributed by atoms with Gasteiger partial charge in [-0.3, -0.25) is 4.79 Å². The number of benzene rings is 1. The summed E-state index contributed by atoms with van der Waals surface area (Å²) in [5.41, 5.74) is -0.904. The molecule has 0 fully saturated rings. The first-order valence-electron chi connectivity index (χ1n) is 5.23. The van der Waals surface area contributed by atoms with Crippen molar-refractivity contribution in [2.24, 2.45) is 0 Å². The number of nitrogens with one attached hydrogen (secondary N) is 2. The molecule has 19 heavy (non-hydrogen) atoms. The third kappa shape index (κ3) is 5.28. The average Bonchev–Trinajstić information content (AvgIpc) is 2.27. The third-order valence-electron chi connectivity index (χ3n) is 2.07. The van der Waals surface area contributed by atoms with E-state index in [-0.39, 0.29) is 18.7 Å². The van der Waals surface area contributed by atoms with E-state index in [1.165, 1.54) is 6.07 Å². The molecule has 5 nitrogen and oxygen atoms in total. The van der Waals surface area contributed by atoms with E-state index < -0.39 is 23.7 Å². The Labute approximate surface area is 106 Å². The van der Waals surface area contributed by atoms with Crippen LogP contribution in [0.3, 0.4) is 0 Å². The van der Waals surface area contributed by atoms with Gasteiger partial charge in [0.05, 0.1) is 12.0 Å². The lowest BCUT2D eigenvalue weighted by Gasteiger charge is -2.10. The van der Waals surface area contributed by atoms with Crippen LogP contribution in [0, 0.1) is 0 Å². The summed E-state index contributed by atoms with van der Waals surface area (Å²) in [6, 6.07) is 3.37. The molecule has 0 atom stereocenters. The molecule has 1 rings (SSSR count). The molecule has 0 heterocycles. The maximum Gasteiger partial charge on any atom is 0.416 e. The lowest BCUT2D eigenvalue weighted by atomic mass is 10.2. The van der Waals surface area contributed by atoms with E-state index in [1.54, 1.807) is 0 Å². The number of rotatable bonds is 4. The van der Waals surface area contributed by atoms with Gasteiger partial charge < -0.3 is 15.7 Å². The number of alkyl halides is 3. The van der Waals surface area contributed by atoms with Crippen molar-refractivity contribution in [1.29, 1.82) is 0 Å². The van der Waals surface area contributed by atoms with E-state index >= 15 is 0 Å². The first-order chi connectivity index (χ1) is 8.79. The van der Waals surface area contributed by atoms with E-state index in [4.69, 9.17) is 5.11 Å². The summed E-state index contributed by atoms with van der Waals surface area (Å²) >= 11 is 0. The molecule has 2 amide bonds. The van der Waals surface area contributed by atoms with Crippen molar-refractivity contribution >= 4 is 17.7 Å². The first-order valence-corrected chi connectivity index (χ1v) is 5.23. The van der Waals surface area contributed by atoms with Gasteiger partial charge in [-0.1, -0.05) is 6.07 Å². The zero-order valence-electron chi connectivity index (χ0n) is 9.62. The smallest absolute Gasteiger partial charge is 0.416 e. The molecule has 3 N–H and O–H groups in total. The van der Waals surface area contributed by atoms with Gasteiger partial charge in [0.15, 0.2) is 0 Å². The van der Waals surface area contributed by atoms with Crippen LogP contribution in [0.15, 0.2) is 24.3 Å². The molecule has 0 spiro atoms. The number of carboxylic acids is 1. The van der Waals surface area contributed by atoms with E-state index in [0.717, 1.165) is 18.2 Å². The summed E-state index contributed by atoms with van der Waals surface area (Å²) in [6.07, 6.45) is -4.76. The predicted octanol–water partition coefficient (Wildman–Crippen LogP) is 2.30. The molecule has 0 aliphatic carbocycles. The van der Waals surface area contributed by atoms with Crippen LogP contribution in [0.5, 0.6) is 0 Å². The van der Waals surface area contributed by atoms with Gasteiger partial charge in [0, 0.05) is 12.2 Å². The van der Waals surface area contributed by atoms with Gasteiger partial charge in [0.2, 0.25) is 0 Å². The van der Waals surface area contributed by atoms with Crippen LogP contribution < -0.4 is 10.6 Å². The number of carbonyl (C=O) groups excluding carboxylic acids is 1. The van der Waals surface area contributed by atoms with Crippen molar-refractivity contribution < 1.29 is 27.9 Å². The SMILES string of the molecule is O=C(O)CCNC(=O)Nc1cccc(C(F)(F)F)c1. The zero-order chi connectivity index (χ0) is 14.5. The highest BCUT2D eigenvalue weighted by Gasteiger charge is 2.30. The van der Waals surface area contributed by atoms with Crippen LogP contribution in [0.25, 0.3) is 0 Å². The number of aliphatic carboxylic acids is 1. The molecule has 0 radical (unpaired) electrons. The van der Waals surface area contributed by atoms with Crippen LogP contribution in [0.2, 0.25) is 0 Å². The quantitative estimate of drug-likeness (QED) is 0.789. The minimum absolute atomic E-state index is 0.0253. The highest BCUT2D eigenvalue weighted by Crippen LogP contribution is 2.30. The summed E-state index contributed by atoms with van der Waals surface area (Å²) in [5.74, 6) is -1.08. The molecule has 0 saturated heterocycles. The van der Waals surface area contributed by atoms with Gasteiger partial charge >= 0.3 is 18.2 Å². The summed E-state index contributed by atoms with van der Waals surface area (Å²) in [4.78, 5) is 21.5. The number of carboxylic acid groups (broad SMARTS) is 1. The van der Waals surface area contributed by atoms with Crippen molar-refractivity contribution in [3.63, 3.8) is 0 Å². The Kier molecular flexibility index (Phi) is 4.74. The van der Waals surface area contributed by atoms with Crippen molar-refractivity contribution in [2.45, 2.75) is 12.6 Å². The van der Waals surface area contributed by atoms with Crippen molar-refractivity contribution in [3.8, 4) is 0 Å². The zero-order valence-corrected chi connectivity index (χ0v) is 9.62. The Morgan fingerprint density at radius 1 is 1.26 bits per heavy atom. The Balaban J connectivity index is 2.57. The topological polar surface area (TPSA) is 78.4 Å². The summed E-state index contributed by atoms with van der Waals surface area (Å²) in [6.45, 7) is -0.111. The van der Waals surface area contributed by atoms with E-state index in [2.05, 4.69) is 10.6 Å². The minimum atomic E-state index is -4.49. The number of hydrogen-bond donors (Lipinski definition) is 3. The van der Waals surface area contributed by atoms with E-state index in [1.807, 2.05) is 0 Å². The van der Waals surface area contributed by atoms with Crippen LogP contribution in [0.4, 0.5) is 23.7 Å². The monoisotopic (exact) mass is 276 g/mol. The Morgan fingerprint density at radius 3 is 2.53 bits per heavy atom. The van der Waals surface area contributed by atoms with E-state index in [0.29, 0.717) is 0 Å². The lowest BCUT2D eigenvalue weighted by molar-refractivity contribution is -0.138. The first kappa shape index (κ1) is 14.8. The number of carbonyl (C=O) groups is 2. The van der Waals surface area contributed by atoms with Crippen molar-refractivity contribution in [2.75, 3.05) is 11.9 Å². The molecule has 1 aromatic rings. The van der Waals surface area contributed by atoms with Crippen LogP contribution in [-0.2, 0) is 11.0 Å². The maximum atomic E-state index is 12.4. The average molecular weight is 276 g/mol. The Hall–Kier alpha value is -2.25.